The number of carbonyl (C=O) groups is 1. The Bertz CT molecular complexity index is 1360. The lowest BCUT2D eigenvalue weighted by Gasteiger charge is -2.26. The number of aryl methyl sites for hydroxylation is 2. The second-order valence-corrected chi connectivity index (χ2v) is 9.78. The highest BCUT2D eigenvalue weighted by molar-refractivity contribution is 7.89. The minimum atomic E-state index is -3.73. The fraction of sp³-hybridized carbons (Fsp3) is 0.348. The number of morpholine rings is 1. The third-order valence-corrected chi connectivity index (χ3v) is 7.59. The number of benzene rings is 2. The van der Waals surface area contributed by atoms with Crippen LogP contribution in [0.25, 0.3) is 10.8 Å². The number of carbonyl (C=O) groups excluding carboxylic acids is 1. The summed E-state index contributed by atoms with van der Waals surface area (Å²) >= 11 is 0. The largest absolute Gasteiger partial charge is 0.379 e. The lowest BCUT2D eigenvalue weighted by molar-refractivity contribution is 0.0730. The van der Waals surface area contributed by atoms with Gasteiger partial charge in [0, 0.05) is 30.7 Å². The molecule has 10 heteroatoms. The molecule has 0 spiro atoms. The van der Waals surface area contributed by atoms with Gasteiger partial charge in [-0.2, -0.15) is 9.40 Å². The summed E-state index contributed by atoms with van der Waals surface area (Å²) in [6.45, 7) is 5.29. The molecule has 2 aromatic carbocycles. The molecule has 1 N–H and O–H groups in total. The summed E-state index contributed by atoms with van der Waals surface area (Å²) in [5.41, 5.74) is 0.770. The van der Waals surface area contributed by atoms with Crippen molar-refractivity contribution >= 4 is 32.4 Å². The molecule has 0 atom stereocenters. The van der Waals surface area contributed by atoms with Crippen LogP contribution in [0.2, 0.25) is 0 Å². The van der Waals surface area contributed by atoms with Crippen LogP contribution in [-0.4, -0.2) is 54.7 Å². The molecule has 0 aliphatic carbocycles. The zero-order chi connectivity index (χ0) is 23.6. The molecule has 33 heavy (non-hydrogen) atoms. The summed E-state index contributed by atoms with van der Waals surface area (Å²) < 4.78 is 34.2. The number of nitrogens with zero attached hydrogens (tertiary/aromatic N) is 3. The summed E-state index contributed by atoms with van der Waals surface area (Å²) in [5, 5.41) is 7.91. The van der Waals surface area contributed by atoms with Crippen molar-refractivity contribution in [3.05, 3.63) is 64.1 Å². The van der Waals surface area contributed by atoms with Crippen LogP contribution in [0.1, 0.15) is 29.4 Å². The van der Waals surface area contributed by atoms with Crippen LogP contribution in [-0.2, 0) is 21.3 Å². The first-order chi connectivity index (χ1) is 15.8. The summed E-state index contributed by atoms with van der Waals surface area (Å²) in [4.78, 5) is 26.0. The number of amides is 1. The molecule has 174 valence electrons. The van der Waals surface area contributed by atoms with Gasteiger partial charge in [-0.15, -0.1) is 0 Å². The van der Waals surface area contributed by atoms with Crippen molar-refractivity contribution in [3.63, 3.8) is 0 Å². The SMILES string of the molecule is CCCn1nc(C(=O)Nc2ccc(C)c(S(=O)(=O)N3CCOCC3)c2)c2ccccc2c1=O. The monoisotopic (exact) mass is 470 g/mol. The maximum absolute atomic E-state index is 13.2. The number of sulfonamides is 1. The lowest BCUT2D eigenvalue weighted by Crippen LogP contribution is -2.40. The van der Waals surface area contributed by atoms with Gasteiger partial charge in [0.1, 0.15) is 0 Å². The Morgan fingerprint density at radius 1 is 1.12 bits per heavy atom. The maximum atomic E-state index is 13.2. The van der Waals surface area contributed by atoms with Gasteiger partial charge < -0.3 is 10.1 Å². The third kappa shape index (κ3) is 4.54. The Balaban J connectivity index is 1.70. The van der Waals surface area contributed by atoms with E-state index in [9.17, 15) is 18.0 Å². The average Bonchev–Trinajstić information content (AvgIpc) is 2.82. The smallest absolute Gasteiger partial charge is 0.276 e. The standard InChI is InChI=1S/C23H26N4O5S/c1-3-10-27-23(29)19-7-5-4-6-18(19)21(25-27)22(28)24-17-9-8-16(2)20(15-17)33(30,31)26-11-13-32-14-12-26/h4-9,15H,3,10-14H2,1-2H3,(H,24,28). The van der Waals surface area contributed by atoms with E-state index in [2.05, 4.69) is 10.4 Å². The van der Waals surface area contributed by atoms with Crippen LogP contribution in [0.4, 0.5) is 5.69 Å². The molecule has 1 aliphatic heterocycles. The highest BCUT2D eigenvalue weighted by atomic mass is 32.2. The highest BCUT2D eigenvalue weighted by Gasteiger charge is 2.28. The van der Waals surface area contributed by atoms with Crippen molar-refractivity contribution < 1.29 is 17.9 Å². The summed E-state index contributed by atoms with van der Waals surface area (Å²) in [6, 6.07) is 11.6. The van der Waals surface area contributed by atoms with Crippen molar-refractivity contribution in [3.8, 4) is 0 Å². The molecule has 0 unspecified atom stereocenters. The first-order valence-electron chi connectivity index (χ1n) is 10.8. The zero-order valence-electron chi connectivity index (χ0n) is 18.6. The molecule has 1 aliphatic rings. The molecule has 3 aromatic rings. The molecule has 0 saturated carbocycles. The van der Waals surface area contributed by atoms with Crippen molar-refractivity contribution in [1.29, 1.82) is 0 Å². The molecule has 0 bridgehead atoms. The van der Waals surface area contributed by atoms with Gasteiger partial charge >= 0.3 is 0 Å². The van der Waals surface area contributed by atoms with E-state index in [1.807, 2.05) is 6.92 Å². The van der Waals surface area contributed by atoms with Crippen molar-refractivity contribution in [1.82, 2.24) is 14.1 Å². The van der Waals surface area contributed by atoms with Crippen molar-refractivity contribution in [2.45, 2.75) is 31.7 Å². The molecule has 1 fully saturated rings. The minimum Gasteiger partial charge on any atom is -0.379 e. The fourth-order valence-corrected chi connectivity index (χ4v) is 5.50. The van der Waals surface area contributed by atoms with E-state index in [-0.39, 0.29) is 29.2 Å². The Kier molecular flexibility index (Phi) is 6.59. The van der Waals surface area contributed by atoms with Gasteiger partial charge in [-0.1, -0.05) is 31.2 Å². The van der Waals surface area contributed by atoms with Gasteiger partial charge in [-0.05, 0) is 37.1 Å². The maximum Gasteiger partial charge on any atom is 0.276 e. The molecule has 1 saturated heterocycles. The fourth-order valence-electron chi connectivity index (χ4n) is 3.84. The quantitative estimate of drug-likeness (QED) is 0.592. The lowest BCUT2D eigenvalue weighted by atomic mass is 10.1. The van der Waals surface area contributed by atoms with Crippen LogP contribution in [0.3, 0.4) is 0 Å². The van der Waals surface area contributed by atoms with Gasteiger partial charge in [0.2, 0.25) is 10.0 Å². The van der Waals surface area contributed by atoms with Gasteiger partial charge in [-0.3, -0.25) is 9.59 Å². The minimum absolute atomic E-state index is 0.108. The number of rotatable bonds is 6. The normalized spacial score (nSPS) is 15.0. The zero-order valence-corrected chi connectivity index (χ0v) is 19.4. The predicted octanol–water partition coefficient (Wildman–Crippen LogP) is 2.39. The summed E-state index contributed by atoms with van der Waals surface area (Å²) in [7, 11) is -3.73. The van der Waals surface area contributed by atoms with Gasteiger partial charge in [0.15, 0.2) is 5.69 Å². The second kappa shape index (κ2) is 9.42. The second-order valence-electron chi connectivity index (χ2n) is 7.87. The van der Waals surface area contributed by atoms with Crippen LogP contribution in [0.15, 0.2) is 52.2 Å². The van der Waals surface area contributed by atoms with Gasteiger partial charge in [-0.25, -0.2) is 13.1 Å². The Hall–Kier alpha value is -3.08. The van der Waals surface area contributed by atoms with Gasteiger partial charge in [0.25, 0.3) is 11.5 Å². The number of hydrogen-bond acceptors (Lipinski definition) is 6. The van der Waals surface area contributed by atoms with E-state index in [0.717, 1.165) is 0 Å². The molecule has 2 heterocycles. The molecule has 4 rings (SSSR count). The van der Waals surface area contributed by atoms with E-state index in [1.54, 1.807) is 43.3 Å². The number of ether oxygens (including phenoxy) is 1. The number of fused-ring (bicyclic) bond motifs is 1. The molecule has 1 amide bonds. The molecule has 9 nitrogen and oxygen atoms in total. The number of anilines is 1. The van der Waals surface area contributed by atoms with E-state index in [4.69, 9.17) is 4.74 Å². The number of aromatic nitrogens is 2. The molecular weight excluding hydrogens is 444 g/mol. The van der Waals surface area contributed by atoms with Crippen molar-refractivity contribution in [2.75, 3.05) is 31.6 Å². The van der Waals surface area contributed by atoms with Crippen LogP contribution in [0, 0.1) is 6.92 Å². The Labute approximate surface area is 192 Å². The summed E-state index contributed by atoms with van der Waals surface area (Å²) in [6.07, 6.45) is 0.688. The Morgan fingerprint density at radius 3 is 2.52 bits per heavy atom. The summed E-state index contributed by atoms with van der Waals surface area (Å²) in [5.74, 6) is -0.519. The highest BCUT2D eigenvalue weighted by Crippen LogP contribution is 2.25. The topological polar surface area (TPSA) is 111 Å². The molecule has 0 radical (unpaired) electrons. The van der Waals surface area contributed by atoms with E-state index in [1.165, 1.54) is 15.1 Å². The Morgan fingerprint density at radius 2 is 1.82 bits per heavy atom. The van der Waals surface area contributed by atoms with Crippen LogP contribution in [0.5, 0.6) is 0 Å². The van der Waals surface area contributed by atoms with Crippen LogP contribution < -0.4 is 10.9 Å². The van der Waals surface area contributed by atoms with Crippen molar-refractivity contribution in [2.24, 2.45) is 0 Å². The average molecular weight is 471 g/mol. The molecular formula is C23H26N4O5S. The number of nitrogens with one attached hydrogen (secondary N) is 1. The predicted molar refractivity (Wildman–Crippen MR) is 125 cm³/mol. The molecule has 1 aromatic heterocycles. The first-order valence-corrected chi connectivity index (χ1v) is 12.3. The first kappa shape index (κ1) is 23.1. The van der Waals surface area contributed by atoms with Gasteiger partial charge in [0.05, 0.1) is 23.5 Å². The third-order valence-electron chi connectivity index (χ3n) is 5.55. The van der Waals surface area contributed by atoms with E-state index in [0.29, 0.717) is 48.2 Å². The van der Waals surface area contributed by atoms with E-state index < -0.39 is 15.9 Å². The van der Waals surface area contributed by atoms with E-state index >= 15 is 0 Å². The number of hydrogen-bond donors (Lipinski definition) is 1. The van der Waals surface area contributed by atoms with Crippen LogP contribution >= 0.6 is 0 Å².